The van der Waals surface area contributed by atoms with Crippen LogP contribution in [-0.4, -0.2) is 19.9 Å². The van der Waals surface area contributed by atoms with E-state index in [1.165, 1.54) is 33.4 Å². The van der Waals surface area contributed by atoms with Gasteiger partial charge in [0.05, 0.1) is 11.1 Å². The molecular weight excluding hydrogens is 681 g/mol. The van der Waals surface area contributed by atoms with E-state index in [0.717, 1.165) is 44.8 Å². The monoisotopic (exact) mass is 716 g/mol. The van der Waals surface area contributed by atoms with Crippen molar-refractivity contribution in [3.05, 3.63) is 228 Å². The number of pyridine rings is 1. The number of fused-ring (bicyclic) bond motifs is 3. The molecule has 0 bridgehead atoms. The van der Waals surface area contributed by atoms with Gasteiger partial charge in [-0.1, -0.05) is 188 Å². The van der Waals surface area contributed by atoms with Crippen LogP contribution in [0.1, 0.15) is 27.9 Å². The summed E-state index contributed by atoms with van der Waals surface area (Å²) in [6.45, 7) is 2.07. The topological polar surface area (TPSA) is 51.6 Å². The van der Waals surface area contributed by atoms with Gasteiger partial charge in [-0.05, 0) is 58.0 Å². The number of nitrogens with zero attached hydrogens (tertiary/aromatic N) is 4. The van der Waals surface area contributed by atoms with Crippen LogP contribution in [0, 0.1) is 6.92 Å². The molecule has 4 heteroatoms. The molecule has 7 aromatic carbocycles. The summed E-state index contributed by atoms with van der Waals surface area (Å²) >= 11 is 0. The van der Waals surface area contributed by atoms with Gasteiger partial charge in [-0.15, -0.1) is 0 Å². The molecule has 2 heterocycles. The highest BCUT2D eigenvalue weighted by atomic mass is 15.0. The van der Waals surface area contributed by atoms with Crippen LogP contribution in [-0.2, 0) is 5.41 Å². The molecule has 264 valence electrons. The highest BCUT2D eigenvalue weighted by Crippen LogP contribution is 2.56. The van der Waals surface area contributed by atoms with E-state index in [0.29, 0.717) is 17.5 Å². The number of rotatable bonds is 7. The van der Waals surface area contributed by atoms with Gasteiger partial charge in [0.25, 0.3) is 0 Å². The Morgan fingerprint density at radius 2 is 0.768 bits per heavy atom. The molecule has 0 saturated carbocycles. The van der Waals surface area contributed by atoms with Gasteiger partial charge in [0.2, 0.25) is 0 Å². The SMILES string of the molecule is Cc1nc(-c2ccccc2)ccc1-c1ccc(-c2nc(-c3ccccc3)nc(-c3ccc4c(c3)C(c3ccccc3)(c3ccccc3)c3ccccc3-4)n2)cc1. The van der Waals surface area contributed by atoms with Gasteiger partial charge in [0.1, 0.15) is 0 Å². The predicted octanol–water partition coefficient (Wildman–Crippen LogP) is 12.3. The molecule has 0 amide bonds. The van der Waals surface area contributed by atoms with Crippen LogP contribution < -0.4 is 0 Å². The second-order valence-electron chi connectivity index (χ2n) is 14.2. The second-order valence-corrected chi connectivity index (χ2v) is 14.2. The second kappa shape index (κ2) is 13.8. The lowest BCUT2D eigenvalue weighted by Crippen LogP contribution is -2.28. The first-order valence-electron chi connectivity index (χ1n) is 19.0. The summed E-state index contributed by atoms with van der Waals surface area (Å²) in [7, 11) is 0. The molecule has 0 saturated heterocycles. The van der Waals surface area contributed by atoms with E-state index in [4.69, 9.17) is 19.9 Å². The quantitative estimate of drug-likeness (QED) is 0.165. The maximum Gasteiger partial charge on any atom is 0.164 e. The minimum absolute atomic E-state index is 0.523. The summed E-state index contributed by atoms with van der Waals surface area (Å²) < 4.78 is 0. The minimum atomic E-state index is -0.523. The van der Waals surface area contributed by atoms with Gasteiger partial charge < -0.3 is 0 Å². The van der Waals surface area contributed by atoms with Gasteiger partial charge in [-0.25, -0.2) is 15.0 Å². The lowest BCUT2D eigenvalue weighted by atomic mass is 9.67. The van der Waals surface area contributed by atoms with Crippen molar-refractivity contribution in [3.63, 3.8) is 0 Å². The third-order valence-corrected chi connectivity index (χ3v) is 11.0. The highest BCUT2D eigenvalue weighted by Gasteiger charge is 2.46. The highest BCUT2D eigenvalue weighted by molar-refractivity contribution is 5.88. The van der Waals surface area contributed by atoms with Crippen molar-refractivity contribution < 1.29 is 0 Å². The van der Waals surface area contributed by atoms with Crippen LogP contribution in [0.4, 0.5) is 0 Å². The molecule has 0 spiro atoms. The lowest BCUT2D eigenvalue weighted by molar-refractivity contribution is 0.768. The van der Waals surface area contributed by atoms with Crippen LogP contribution in [0.25, 0.3) is 67.7 Å². The molecule has 1 aliphatic rings. The smallest absolute Gasteiger partial charge is 0.164 e. The first-order valence-corrected chi connectivity index (χ1v) is 19.0. The van der Waals surface area contributed by atoms with E-state index in [1.807, 2.05) is 36.4 Å². The van der Waals surface area contributed by atoms with E-state index in [2.05, 4.69) is 171 Å². The van der Waals surface area contributed by atoms with E-state index in [-0.39, 0.29) is 0 Å². The molecule has 2 aromatic heterocycles. The van der Waals surface area contributed by atoms with Crippen molar-refractivity contribution in [2.45, 2.75) is 12.3 Å². The average Bonchev–Trinajstić information content (AvgIpc) is 3.58. The number of hydrogen-bond donors (Lipinski definition) is 0. The zero-order valence-electron chi connectivity index (χ0n) is 30.8. The minimum Gasteiger partial charge on any atom is -0.252 e. The Balaban J connectivity index is 1.11. The summed E-state index contributed by atoms with van der Waals surface area (Å²) in [5, 5.41) is 0. The van der Waals surface area contributed by atoms with E-state index in [1.54, 1.807) is 0 Å². The standard InChI is InChI=1S/C52H36N4/c1-35-43(32-33-48(53-35)37-16-6-2-7-17-37)36-26-28-39(29-27-36)50-54-49(38-18-8-3-9-19-38)55-51(56-50)40-30-31-45-44-24-14-15-25-46(44)52(47(45)34-40,41-20-10-4-11-21-41)42-22-12-5-13-23-42/h2-34H,1H3. The molecular formula is C52H36N4. The maximum atomic E-state index is 5.20. The molecule has 0 radical (unpaired) electrons. The van der Waals surface area contributed by atoms with Crippen LogP contribution in [0.3, 0.4) is 0 Å². The van der Waals surface area contributed by atoms with Crippen LogP contribution >= 0.6 is 0 Å². The molecule has 10 rings (SSSR count). The third kappa shape index (κ3) is 5.62. The first kappa shape index (κ1) is 33.3. The number of aromatic nitrogens is 4. The van der Waals surface area contributed by atoms with Crippen molar-refractivity contribution in [2.75, 3.05) is 0 Å². The van der Waals surface area contributed by atoms with Gasteiger partial charge in [0, 0.05) is 33.5 Å². The summed E-state index contributed by atoms with van der Waals surface area (Å²) in [4.78, 5) is 20.3. The largest absolute Gasteiger partial charge is 0.252 e. The average molecular weight is 717 g/mol. The molecule has 0 N–H and O–H groups in total. The number of benzene rings is 7. The van der Waals surface area contributed by atoms with Crippen LogP contribution in [0.5, 0.6) is 0 Å². The van der Waals surface area contributed by atoms with Crippen LogP contribution in [0.2, 0.25) is 0 Å². The zero-order valence-corrected chi connectivity index (χ0v) is 30.8. The fourth-order valence-corrected chi connectivity index (χ4v) is 8.37. The fraction of sp³-hybridized carbons (Fsp3) is 0.0385. The molecule has 0 unspecified atom stereocenters. The maximum absolute atomic E-state index is 5.20. The first-order chi connectivity index (χ1) is 27.7. The lowest BCUT2D eigenvalue weighted by Gasteiger charge is -2.34. The molecule has 4 nitrogen and oxygen atoms in total. The Morgan fingerprint density at radius 3 is 1.38 bits per heavy atom. The zero-order chi connectivity index (χ0) is 37.5. The van der Waals surface area contributed by atoms with Gasteiger partial charge >= 0.3 is 0 Å². The molecule has 0 atom stereocenters. The Labute approximate surface area is 326 Å². The Bertz CT molecular complexity index is 2800. The molecule has 1 aliphatic carbocycles. The molecule has 9 aromatic rings. The van der Waals surface area contributed by atoms with Crippen molar-refractivity contribution >= 4 is 0 Å². The van der Waals surface area contributed by atoms with Crippen molar-refractivity contribution in [3.8, 4) is 67.7 Å². The number of hydrogen-bond acceptors (Lipinski definition) is 4. The van der Waals surface area contributed by atoms with Crippen molar-refractivity contribution in [1.82, 2.24) is 19.9 Å². The summed E-state index contributed by atoms with van der Waals surface area (Å²) in [5.74, 6) is 1.88. The van der Waals surface area contributed by atoms with E-state index >= 15 is 0 Å². The van der Waals surface area contributed by atoms with E-state index < -0.39 is 5.41 Å². The summed E-state index contributed by atoms with van der Waals surface area (Å²) in [5.41, 5.74) is 14.9. The van der Waals surface area contributed by atoms with Crippen molar-refractivity contribution in [1.29, 1.82) is 0 Å². The predicted molar refractivity (Wildman–Crippen MR) is 227 cm³/mol. The van der Waals surface area contributed by atoms with Crippen LogP contribution in [0.15, 0.2) is 200 Å². The summed E-state index contributed by atoms with van der Waals surface area (Å²) in [6, 6.07) is 70.4. The fourth-order valence-electron chi connectivity index (χ4n) is 8.37. The van der Waals surface area contributed by atoms with E-state index in [9.17, 15) is 0 Å². The normalized spacial score (nSPS) is 12.5. The molecule has 0 aliphatic heterocycles. The van der Waals surface area contributed by atoms with Gasteiger partial charge in [-0.3, -0.25) is 4.98 Å². The summed E-state index contributed by atoms with van der Waals surface area (Å²) in [6.07, 6.45) is 0. The third-order valence-electron chi connectivity index (χ3n) is 11.0. The molecule has 56 heavy (non-hydrogen) atoms. The Hall–Kier alpha value is -7.30. The van der Waals surface area contributed by atoms with Gasteiger partial charge in [-0.2, -0.15) is 0 Å². The Kier molecular flexibility index (Phi) is 8.23. The van der Waals surface area contributed by atoms with Crippen molar-refractivity contribution in [2.24, 2.45) is 0 Å². The number of aryl methyl sites for hydroxylation is 1. The van der Waals surface area contributed by atoms with Gasteiger partial charge in [0.15, 0.2) is 17.5 Å². The Morgan fingerprint density at radius 1 is 0.321 bits per heavy atom. The molecule has 0 fully saturated rings.